The second-order valence-corrected chi connectivity index (χ2v) is 9.57. The summed E-state index contributed by atoms with van der Waals surface area (Å²) in [6.07, 6.45) is 0. The molecule has 5 nitrogen and oxygen atoms in total. The summed E-state index contributed by atoms with van der Waals surface area (Å²) in [6, 6.07) is 14.4. The molecule has 3 aromatic rings. The normalized spacial score (nSPS) is 17.8. The molecule has 1 N–H and O–H groups in total. The Bertz CT molecular complexity index is 1240. The van der Waals surface area contributed by atoms with Crippen LogP contribution in [0.15, 0.2) is 59.5 Å². The lowest BCUT2D eigenvalue weighted by atomic mass is 9.96. The molecule has 6 heteroatoms. The van der Waals surface area contributed by atoms with Gasteiger partial charge in [-0.15, -0.1) is 11.3 Å². The number of rotatable bonds is 5. The lowest BCUT2D eigenvalue weighted by Gasteiger charge is -2.25. The highest BCUT2D eigenvalue weighted by Crippen LogP contribution is 2.45. The third-order valence-corrected chi connectivity index (χ3v) is 6.90. The Labute approximate surface area is 197 Å². The van der Waals surface area contributed by atoms with Gasteiger partial charge in [0.15, 0.2) is 0 Å². The molecule has 33 heavy (non-hydrogen) atoms. The number of ketones is 1. The highest BCUT2D eigenvalue weighted by molar-refractivity contribution is 7.10. The van der Waals surface area contributed by atoms with Gasteiger partial charge in [-0.2, -0.15) is 0 Å². The third kappa shape index (κ3) is 3.95. The summed E-state index contributed by atoms with van der Waals surface area (Å²) in [6.45, 7) is 8.00. The first-order valence-corrected chi connectivity index (χ1v) is 11.7. The van der Waals surface area contributed by atoms with Crippen LogP contribution in [0.5, 0.6) is 5.75 Å². The maximum absolute atomic E-state index is 13.3. The summed E-state index contributed by atoms with van der Waals surface area (Å²) in [5.41, 5.74) is 3.99. The van der Waals surface area contributed by atoms with E-state index < -0.39 is 17.7 Å². The summed E-state index contributed by atoms with van der Waals surface area (Å²) in [7, 11) is 1.53. The molecule has 1 unspecified atom stereocenters. The quantitative estimate of drug-likeness (QED) is 0.282. The van der Waals surface area contributed by atoms with Gasteiger partial charge in [0.1, 0.15) is 17.6 Å². The maximum Gasteiger partial charge on any atom is 0.300 e. The van der Waals surface area contributed by atoms with Crippen molar-refractivity contribution >= 4 is 34.5 Å². The van der Waals surface area contributed by atoms with E-state index in [9.17, 15) is 14.7 Å². The van der Waals surface area contributed by atoms with Gasteiger partial charge in [0.2, 0.25) is 0 Å². The van der Waals surface area contributed by atoms with Crippen molar-refractivity contribution in [3.63, 3.8) is 0 Å². The Morgan fingerprint density at radius 1 is 1.09 bits per heavy atom. The number of carbonyl (C=O) groups excluding carboxylic acids is 2. The van der Waals surface area contributed by atoms with Crippen LogP contribution in [0.3, 0.4) is 0 Å². The molecule has 2 heterocycles. The fraction of sp³-hybridized carbons (Fsp3) is 0.259. The van der Waals surface area contributed by atoms with Crippen LogP contribution >= 0.6 is 11.3 Å². The number of hydrogen-bond donors (Lipinski definition) is 1. The fourth-order valence-corrected chi connectivity index (χ4v) is 5.20. The summed E-state index contributed by atoms with van der Waals surface area (Å²) in [4.78, 5) is 28.9. The molecule has 1 aromatic heterocycles. The summed E-state index contributed by atoms with van der Waals surface area (Å²) in [5.74, 6) is -0.762. The fourth-order valence-electron chi connectivity index (χ4n) is 4.38. The molecule has 0 spiro atoms. The lowest BCUT2D eigenvalue weighted by molar-refractivity contribution is -0.132. The average Bonchev–Trinajstić information content (AvgIpc) is 3.40. The number of hydrogen-bond acceptors (Lipinski definition) is 5. The molecule has 2 aromatic carbocycles. The van der Waals surface area contributed by atoms with E-state index in [1.165, 1.54) is 23.3 Å². The Balaban J connectivity index is 1.94. The van der Waals surface area contributed by atoms with E-state index in [1.54, 1.807) is 6.07 Å². The monoisotopic (exact) mass is 461 g/mol. The van der Waals surface area contributed by atoms with Crippen molar-refractivity contribution in [3.05, 3.63) is 86.6 Å². The van der Waals surface area contributed by atoms with Crippen molar-refractivity contribution in [2.45, 2.75) is 39.7 Å². The van der Waals surface area contributed by atoms with E-state index in [0.717, 1.165) is 21.6 Å². The molecule has 1 saturated heterocycles. The van der Waals surface area contributed by atoms with Crippen molar-refractivity contribution in [3.8, 4) is 5.75 Å². The predicted octanol–water partition coefficient (Wildman–Crippen LogP) is 6.12. The number of methoxy groups -OCH3 is 1. The van der Waals surface area contributed by atoms with Gasteiger partial charge in [-0.25, -0.2) is 0 Å². The van der Waals surface area contributed by atoms with E-state index in [4.69, 9.17) is 4.74 Å². The SMILES string of the molecule is COc1c(C)cc(C)cc1/C(O)=C1/C(=O)C(=O)N(c2ccc(C(C)C)cc2)C1c1cccs1. The minimum atomic E-state index is -0.722. The van der Waals surface area contributed by atoms with Gasteiger partial charge < -0.3 is 9.84 Å². The standard InChI is InChI=1S/C27H27NO4S/c1-15(2)18-8-10-19(11-9-18)28-23(21-7-6-12-33-21)22(25(30)27(28)31)24(29)20-14-16(3)13-17(4)26(20)32-5/h6-15,23,29H,1-5H3/b24-22-. The molecular formula is C27H27NO4S. The van der Waals surface area contributed by atoms with Gasteiger partial charge in [-0.3, -0.25) is 14.5 Å². The summed E-state index contributed by atoms with van der Waals surface area (Å²) >= 11 is 1.44. The lowest BCUT2D eigenvalue weighted by Crippen LogP contribution is -2.29. The number of Topliss-reactive ketones (excluding diaryl/α,β-unsaturated/α-hetero) is 1. The molecule has 1 aliphatic rings. The van der Waals surface area contributed by atoms with Crippen LogP contribution in [-0.2, 0) is 9.59 Å². The molecule has 1 amide bonds. The number of thiophene rings is 1. The van der Waals surface area contributed by atoms with Crippen molar-refractivity contribution in [1.82, 2.24) is 0 Å². The van der Waals surface area contributed by atoms with Crippen LogP contribution in [0.1, 0.15) is 52.9 Å². The molecule has 1 aliphatic heterocycles. The van der Waals surface area contributed by atoms with Gasteiger partial charge in [0.25, 0.3) is 11.7 Å². The zero-order valence-corrected chi connectivity index (χ0v) is 20.2. The van der Waals surface area contributed by atoms with E-state index in [-0.39, 0.29) is 11.3 Å². The molecule has 170 valence electrons. The first-order chi connectivity index (χ1) is 15.7. The number of carbonyl (C=O) groups is 2. The first kappa shape index (κ1) is 22.8. The van der Waals surface area contributed by atoms with Crippen LogP contribution < -0.4 is 9.64 Å². The van der Waals surface area contributed by atoms with Crippen LogP contribution in [0.2, 0.25) is 0 Å². The van der Waals surface area contributed by atoms with E-state index in [2.05, 4.69) is 13.8 Å². The molecule has 0 radical (unpaired) electrons. The zero-order valence-electron chi connectivity index (χ0n) is 19.4. The second kappa shape index (κ2) is 8.87. The number of aliphatic hydroxyl groups is 1. The van der Waals surface area contributed by atoms with Gasteiger partial charge in [0.05, 0.1) is 18.2 Å². The number of ether oxygens (including phenoxy) is 1. The van der Waals surface area contributed by atoms with E-state index in [0.29, 0.717) is 22.9 Å². The van der Waals surface area contributed by atoms with Gasteiger partial charge in [-0.1, -0.05) is 38.1 Å². The smallest absolute Gasteiger partial charge is 0.300 e. The maximum atomic E-state index is 13.3. The van der Waals surface area contributed by atoms with Crippen LogP contribution in [-0.4, -0.2) is 23.9 Å². The number of nitrogens with zero attached hydrogens (tertiary/aromatic N) is 1. The zero-order chi connectivity index (χ0) is 23.9. The summed E-state index contributed by atoms with van der Waals surface area (Å²) in [5, 5.41) is 13.3. The van der Waals surface area contributed by atoms with Gasteiger partial charge in [-0.05, 0) is 66.1 Å². The third-order valence-electron chi connectivity index (χ3n) is 5.97. The minimum absolute atomic E-state index is 0.0682. The first-order valence-electron chi connectivity index (χ1n) is 10.8. The Morgan fingerprint density at radius 3 is 2.36 bits per heavy atom. The number of aryl methyl sites for hydroxylation is 2. The molecule has 4 rings (SSSR count). The Morgan fingerprint density at radius 2 is 1.79 bits per heavy atom. The number of amides is 1. The topological polar surface area (TPSA) is 66.8 Å². The molecule has 0 aliphatic carbocycles. The van der Waals surface area contributed by atoms with Crippen LogP contribution in [0.4, 0.5) is 5.69 Å². The predicted molar refractivity (Wildman–Crippen MR) is 132 cm³/mol. The Hall–Kier alpha value is -3.38. The molecule has 0 saturated carbocycles. The second-order valence-electron chi connectivity index (χ2n) is 8.59. The Kier molecular flexibility index (Phi) is 6.13. The molecule has 1 fully saturated rings. The number of benzene rings is 2. The molecule has 1 atom stereocenters. The van der Waals surface area contributed by atoms with Crippen LogP contribution in [0.25, 0.3) is 5.76 Å². The summed E-state index contributed by atoms with van der Waals surface area (Å²) < 4.78 is 5.55. The number of aliphatic hydroxyl groups excluding tert-OH is 1. The largest absolute Gasteiger partial charge is 0.507 e. The molecule has 0 bridgehead atoms. The van der Waals surface area contributed by atoms with Gasteiger partial charge in [0, 0.05) is 10.6 Å². The van der Waals surface area contributed by atoms with Gasteiger partial charge >= 0.3 is 0 Å². The number of anilines is 1. The van der Waals surface area contributed by atoms with E-state index >= 15 is 0 Å². The van der Waals surface area contributed by atoms with Crippen molar-refractivity contribution in [1.29, 1.82) is 0 Å². The van der Waals surface area contributed by atoms with Crippen molar-refractivity contribution in [2.24, 2.45) is 0 Å². The van der Waals surface area contributed by atoms with Crippen molar-refractivity contribution < 1.29 is 19.4 Å². The highest BCUT2D eigenvalue weighted by atomic mass is 32.1. The van der Waals surface area contributed by atoms with E-state index in [1.807, 2.05) is 61.7 Å². The highest BCUT2D eigenvalue weighted by Gasteiger charge is 2.47. The van der Waals surface area contributed by atoms with Crippen molar-refractivity contribution in [2.75, 3.05) is 12.0 Å². The average molecular weight is 462 g/mol. The van der Waals surface area contributed by atoms with Crippen LogP contribution in [0, 0.1) is 13.8 Å². The molecular weight excluding hydrogens is 434 g/mol. The minimum Gasteiger partial charge on any atom is -0.507 e.